The summed E-state index contributed by atoms with van der Waals surface area (Å²) in [5, 5.41) is 7.19. The topological polar surface area (TPSA) is 106 Å². The fourth-order valence-electron chi connectivity index (χ4n) is 3.58. The number of hydrazine groups is 2. The molecule has 142 valence electrons. The second-order valence-electron chi connectivity index (χ2n) is 6.92. The molecule has 2 atom stereocenters. The number of rotatable bonds is 4. The van der Waals surface area contributed by atoms with Gasteiger partial charge in [-0.05, 0) is 31.0 Å². The van der Waals surface area contributed by atoms with Gasteiger partial charge < -0.3 is 15.5 Å². The van der Waals surface area contributed by atoms with Gasteiger partial charge in [-0.3, -0.25) is 19.4 Å². The molecule has 3 aliphatic rings. The second kappa shape index (κ2) is 7.01. The number of allylic oxidation sites excluding steroid dienone is 1. The first-order valence-corrected chi connectivity index (χ1v) is 8.99. The Bertz CT molecular complexity index is 806. The highest BCUT2D eigenvalue weighted by Gasteiger charge is 2.44. The normalized spacial score (nSPS) is 24.6. The first-order chi connectivity index (χ1) is 13.0. The fourth-order valence-corrected chi connectivity index (χ4v) is 3.58. The Balaban J connectivity index is 1.35. The van der Waals surface area contributed by atoms with Gasteiger partial charge in [0.25, 0.3) is 5.91 Å². The summed E-state index contributed by atoms with van der Waals surface area (Å²) in [6.45, 7) is 2.88. The lowest BCUT2D eigenvalue weighted by atomic mass is 10.1. The molecule has 3 amide bonds. The average Bonchev–Trinajstić information content (AvgIpc) is 3.26. The van der Waals surface area contributed by atoms with E-state index < -0.39 is 12.1 Å². The number of carbonyl (C=O) groups is 3. The molecule has 9 nitrogen and oxygen atoms in total. The number of hydrogen-bond acceptors (Lipinski definition) is 6. The van der Waals surface area contributed by atoms with E-state index in [1.165, 1.54) is 0 Å². The lowest BCUT2D eigenvalue weighted by Gasteiger charge is -2.28. The average molecular weight is 370 g/mol. The van der Waals surface area contributed by atoms with Gasteiger partial charge in [0.15, 0.2) is 6.04 Å². The van der Waals surface area contributed by atoms with Crippen molar-refractivity contribution in [1.29, 1.82) is 0 Å². The van der Waals surface area contributed by atoms with Gasteiger partial charge in [0.1, 0.15) is 6.04 Å². The molecular weight excluding hydrogens is 348 g/mol. The molecule has 1 aromatic rings. The molecule has 2 saturated heterocycles. The predicted octanol–water partition coefficient (Wildman–Crippen LogP) is -0.517. The van der Waals surface area contributed by atoms with Crippen LogP contribution < -0.4 is 26.5 Å². The van der Waals surface area contributed by atoms with E-state index in [9.17, 15) is 14.4 Å². The molecule has 0 spiro atoms. The van der Waals surface area contributed by atoms with Crippen LogP contribution in [0.25, 0.3) is 0 Å². The minimum Gasteiger partial charge on any atom is -0.351 e. The molecule has 2 unspecified atom stereocenters. The van der Waals surface area contributed by atoms with Crippen LogP contribution in [0.3, 0.4) is 0 Å². The summed E-state index contributed by atoms with van der Waals surface area (Å²) in [7, 11) is 0. The Kier molecular flexibility index (Phi) is 4.54. The molecule has 27 heavy (non-hydrogen) atoms. The summed E-state index contributed by atoms with van der Waals surface area (Å²) >= 11 is 0. The standard InChI is InChI=1S/C18H22N6O3/c1-11-10-24-16(18(27)20-11)15(21-22-24)17(26)19-9-12-4-6-13(7-5-12)23-8-2-3-14(23)25/h4-7,10,15-16,21-22H,2-3,8-9H2,1H3,(H,19,26)(H,20,27). The van der Waals surface area contributed by atoms with Crippen molar-refractivity contribution in [3.63, 3.8) is 0 Å². The molecular formula is C18H22N6O3. The zero-order valence-electron chi connectivity index (χ0n) is 15.0. The molecule has 0 radical (unpaired) electrons. The summed E-state index contributed by atoms with van der Waals surface area (Å²) in [5.41, 5.74) is 8.20. The summed E-state index contributed by atoms with van der Waals surface area (Å²) in [4.78, 5) is 38.3. The van der Waals surface area contributed by atoms with Crippen LogP contribution in [0.4, 0.5) is 5.69 Å². The van der Waals surface area contributed by atoms with Gasteiger partial charge in [-0.1, -0.05) is 12.1 Å². The van der Waals surface area contributed by atoms with Crippen LogP contribution in [0.1, 0.15) is 25.3 Å². The minimum atomic E-state index is -0.698. The third-order valence-corrected chi connectivity index (χ3v) is 4.96. The molecule has 0 aromatic heterocycles. The van der Waals surface area contributed by atoms with Gasteiger partial charge in [0, 0.05) is 37.1 Å². The third kappa shape index (κ3) is 3.38. The molecule has 0 bridgehead atoms. The largest absolute Gasteiger partial charge is 0.351 e. The monoisotopic (exact) mass is 370 g/mol. The first kappa shape index (κ1) is 17.5. The van der Waals surface area contributed by atoms with Crippen molar-refractivity contribution in [2.24, 2.45) is 0 Å². The Labute approximate surface area is 156 Å². The molecule has 0 aliphatic carbocycles. The molecule has 4 N–H and O–H groups in total. The molecule has 9 heteroatoms. The minimum absolute atomic E-state index is 0.149. The van der Waals surface area contributed by atoms with Gasteiger partial charge in [-0.15, -0.1) is 0 Å². The molecule has 3 aliphatic heterocycles. The summed E-state index contributed by atoms with van der Waals surface area (Å²) in [6, 6.07) is 6.24. The van der Waals surface area contributed by atoms with E-state index in [-0.39, 0.29) is 17.7 Å². The highest BCUT2D eigenvalue weighted by Crippen LogP contribution is 2.21. The smallest absolute Gasteiger partial charge is 0.250 e. The Hall–Kier alpha value is -2.91. The summed E-state index contributed by atoms with van der Waals surface area (Å²) < 4.78 is 0. The van der Waals surface area contributed by atoms with Crippen LogP contribution in [0.15, 0.2) is 36.2 Å². The zero-order valence-corrected chi connectivity index (χ0v) is 15.0. The quantitative estimate of drug-likeness (QED) is 0.569. The number of anilines is 1. The van der Waals surface area contributed by atoms with Crippen LogP contribution in [-0.2, 0) is 20.9 Å². The number of benzene rings is 1. The predicted molar refractivity (Wildman–Crippen MR) is 97.5 cm³/mol. The van der Waals surface area contributed by atoms with Crippen molar-refractivity contribution in [3.8, 4) is 0 Å². The number of fused-ring (bicyclic) bond motifs is 1. The maximum absolute atomic E-state index is 12.5. The second-order valence-corrected chi connectivity index (χ2v) is 6.92. The van der Waals surface area contributed by atoms with Crippen molar-refractivity contribution in [1.82, 2.24) is 26.6 Å². The third-order valence-electron chi connectivity index (χ3n) is 4.96. The number of nitrogens with one attached hydrogen (secondary N) is 4. The Morgan fingerprint density at radius 1 is 1.26 bits per heavy atom. The van der Waals surface area contributed by atoms with Crippen molar-refractivity contribution in [2.75, 3.05) is 11.4 Å². The molecule has 0 saturated carbocycles. The molecule has 4 rings (SSSR count). The SMILES string of the molecule is CC1=CN2NNC(C(=O)NCc3ccc(N4CCCC4=O)cc3)C2C(=O)N1. The Morgan fingerprint density at radius 2 is 2.04 bits per heavy atom. The Morgan fingerprint density at radius 3 is 2.74 bits per heavy atom. The van der Waals surface area contributed by atoms with Crippen molar-refractivity contribution in [2.45, 2.75) is 38.4 Å². The van der Waals surface area contributed by atoms with Crippen LogP contribution in [0.5, 0.6) is 0 Å². The highest BCUT2D eigenvalue weighted by atomic mass is 16.2. The van der Waals surface area contributed by atoms with E-state index in [2.05, 4.69) is 21.6 Å². The number of carbonyl (C=O) groups excluding carboxylic acids is 3. The zero-order chi connectivity index (χ0) is 19.0. The van der Waals surface area contributed by atoms with Crippen LogP contribution >= 0.6 is 0 Å². The summed E-state index contributed by atoms with van der Waals surface area (Å²) in [5.74, 6) is -0.348. The maximum Gasteiger partial charge on any atom is 0.250 e. The van der Waals surface area contributed by atoms with Crippen molar-refractivity contribution >= 4 is 23.4 Å². The van der Waals surface area contributed by atoms with E-state index in [1.54, 1.807) is 23.0 Å². The van der Waals surface area contributed by atoms with Gasteiger partial charge >= 0.3 is 0 Å². The number of nitrogens with zero attached hydrogens (tertiary/aromatic N) is 2. The van der Waals surface area contributed by atoms with Crippen LogP contribution in [0.2, 0.25) is 0 Å². The van der Waals surface area contributed by atoms with E-state index in [0.717, 1.165) is 24.2 Å². The molecule has 3 heterocycles. The summed E-state index contributed by atoms with van der Waals surface area (Å²) in [6.07, 6.45) is 3.23. The first-order valence-electron chi connectivity index (χ1n) is 8.99. The maximum atomic E-state index is 12.5. The fraction of sp³-hybridized carbons (Fsp3) is 0.389. The number of amides is 3. The lowest BCUT2D eigenvalue weighted by Crippen LogP contribution is -2.55. The van der Waals surface area contributed by atoms with Crippen molar-refractivity contribution in [3.05, 3.63) is 41.7 Å². The molecule has 1 aromatic carbocycles. The van der Waals surface area contributed by atoms with Crippen LogP contribution in [0, 0.1) is 0 Å². The van der Waals surface area contributed by atoms with E-state index >= 15 is 0 Å². The molecule has 2 fully saturated rings. The van der Waals surface area contributed by atoms with Crippen LogP contribution in [-0.4, -0.2) is 41.4 Å². The van der Waals surface area contributed by atoms with Gasteiger partial charge in [0.2, 0.25) is 11.8 Å². The van der Waals surface area contributed by atoms with E-state index in [4.69, 9.17) is 0 Å². The van der Waals surface area contributed by atoms with Crippen molar-refractivity contribution < 1.29 is 14.4 Å². The van der Waals surface area contributed by atoms with E-state index in [0.29, 0.717) is 18.7 Å². The lowest BCUT2D eigenvalue weighted by molar-refractivity contribution is -0.131. The van der Waals surface area contributed by atoms with Gasteiger partial charge in [0.05, 0.1) is 0 Å². The number of hydrogen-bond donors (Lipinski definition) is 4. The van der Waals surface area contributed by atoms with Gasteiger partial charge in [-0.25, -0.2) is 5.43 Å². The van der Waals surface area contributed by atoms with E-state index in [1.807, 2.05) is 24.3 Å². The van der Waals surface area contributed by atoms with Gasteiger partial charge in [-0.2, -0.15) is 5.53 Å². The highest BCUT2D eigenvalue weighted by molar-refractivity contribution is 5.95.